The fraction of sp³-hybridized carbons (Fsp3) is 0.938. The van der Waals surface area contributed by atoms with E-state index < -0.39 is 30.5 Å². The number of hydrogen-bond acceptors (Lipinski definition) is 7. The number of methoxy groups -OCH3 is 1. The minimum absolute atomic E-state index is 0.256. The second-order valence-corrected chi connectivity index (χ2v) is 9.05. The molecule has 0 rings (SSSR count). The van der Waals surface area contributed by atoms with Crippen molar-refractivity contribution in [3.63, 3.8) is 0 Å². The Bertz CT molecular complexity index is 436. The predicted octanol–water partition coefficient (Wildman–Crippen LogP) is 3.97. The molecule has 0 saturated heterocycles. The number of nitrogens with zero attached hydrogens (tertiary/aromatic N) is 1. The van der Waals surface area contributed by atoms with Crippen LogP contribution in [0.15, 0.2) is 0 Å². The molecule has 0 spiro atoms. The lowest BCUT2D eigenvalue weighted by atomic mass is 10.1. The summed E-state index contributed by atoms with van der Waals surface area (Å²) in [5, 5.41) is 1.55. The Morgan fingerprint density at radius 1 is 1.04 bits per heavy atom. The van der Waals surface area contributed by atoms with Crippen LogP contribution in [0.1, 0.15) is 61.8 Å². The van der Waals surface area contributed by atoms with Crippen LogP contribution in [-0.2, 0) is 28.0 Å². The van der Waals surface area contributed by atoms with E-state index in [1.54, 1.807) is 32.8 Å². The van der Waals surface area contributed by atoms with E-state index >= 15 is 0 Å². The molecule has 0 aliphatic carbocycles. The first kappa shape index (κ1) is 23.5. The molecule has 0 heterocycles. The summed E-state index contributed by atoms with van der Waals surface area (Å²) in [6, 6.07) is 0. The molecule has 0 amide bonds. The fourth-order valence-corrected chi connectivity index (χ4v) is 4.50. The molecule has 0 radical (unpaired) electrons. The average Bonchev–Trinajstić information content (AvgIpc) is 2.45. The Morgan fingerprint density at radius 2 is 1.50 bits per heavy atom. The summed E-state index contributed by atoms with van der Waals surface area (Å²) in [7, 11) is -2.15. The van der Waals surface area contributed by atoms with Gasteiger partial charge in [-0.2, -0.15) is 5.06 Å². The third-order valence-corrected chi connectivity index (χ3v) is 5.82. The van der Waals surface area contributed by atoms with Gasteiger partial charge in [-0.15, -0.1) is 0 Å². The van der Waals surface area contributed by atoms with Gasteiger partial charge in [0.05, 0.1) is 20.3 Å². The van der Waals surface area contributed by atoms with Crippen LogP contribution in [0.4, 0.5) is 0 Å². The highest BCUT2D eigenvalue weighted by molar-refractivity contribution is 7.54. The summed E-state index contributed by atoms with van der Waals surface area (Å²) in [5.74, 6) is -1.17. The van der Waals surface area contributed by atoms with Gasteiger partial charge in [-0.1, -0.05) is 6.92 Å². The number of hydrogen-bond donors (Lipinski definition) is 0. The zero-order valence-corrected chi connectivity index (χ0v) is 17.4. The van der Waals surface area contributed by atoms with Gasteiger partial charge in [0.15, 0.2) is 5.60 Å². The molecule has 0 saturated carbocycles. The Labute approximate surface area is 146 Å². The number of carbonyl (C=O) groups is 1. The van der Waals surface area contributed by atoms with Gasteiger partial charge in [-0.25, -0.2) is 4.79 Å². The van der Waals surface area contributed by atoms with Gasteiger partial charge < -0.3 is 13.8 Å². The zero-order valence-electron chi connectivity index (χ0n) is 16.5. The quantitative estimate of drug-likeness (QED) is 0.328. The monoisotopic (exact) mass is 367 g/mol. The molecule has 1 unspecified atom stereocenters. The van der Waals surface area contributed by atoms with Crippen LogP contribution in [0.25, 0.3) is 0 Å². The Kier molecular flexibility index (Phi) is 9.12. The van der Waals surface area contributed by atoms with Crippen molar-refractivity contribution in [1.82, 2.24) is 5.06 Å². The highest BCUT2D eigenvalue weighted by Crippen LogP contribution is 2.56. The summed E-state index contributed by atoms with van der Waals surface area (Å²) >= 11 is 0. The van der Waals surface area contributed by atoms with Crippen LogP contribution < -0.4 is 0 Å². The van der Waals surface area contributed by atoms with Crippen molar-refractivity contribution in [2.24, 2.45) is 0 Å². The third-order valence-electron chi connectivity index (χ3n) is 3.28. The van der Waals surface area contributed by atoms with E-state index in [0.29, 0.717) is 6.42 Å². The first-order valence-corrected chi connectivity index (χ1v) is 9.96. The molecule has 144 valence electrons. The van der Waals surface area contributed by atoms with Crippen LogP contribution in [0, 0.1) is 0 Å². The van der Waals surface area contributed by atoms with Crippen molar-refractivity contribution in [3.05, 3.63) is 0 Å². The van der Waals surface area contributed by atoms with Crippen LogP contribution in [0.3, 0.4) is 0 Å². The minimum Gasteiger partial charge on any atom is -0.467 e. The molecule has 1 atom stereocenters. The van der Waals surface area contributed by atoms with Gasteiger partial charge in [-0.05, 0) is 54.9 Å². The van der Waals surface area contributed by atoms with Gasteiger partial charge in [0, 0.05) is 5.54 Å². The largest absolute Gasteiger partial charge is 0.467 e. The number of rotatable bonds is 10. The van der Waals surface area contributed by atoms with Crippen molar-refractivity contribution < 1.29 is 28.0 Å². The lowest BCUT2D eigenvalue weighted by Gasteiger charge is -2.44. The summed E-state index contributed by atoms with van der Waals surface area (Å²) in [4.78, 5) is 18.0. The van der Waals surface area contributed by atoms with Crippen LogP contribution in [-0.4, -0.2) is 48.3 Å². The predicted molar refractivity (Wildman–Crippen MR) is 93.7 cm³/mol. The van der Waals surface area contributed by atoms with Gasteiger partial charge in [0.25, 0.3) is 0 Å². The second-order valence-electron chi connectivity index (χ2n) is 6.85. The molecule has 0 aromatic heterocycles. The van der Waals surface area contributed by atoms with Gasteiger partial charge in [0.2, 0.25) is 0 Å². The molecule has 24 heavy (non-hydrogen) atoms. The number of hydroxylamine groups is 2. The van der Waals surface area contributed by atoms with Gasteiger partial charge in [0.1, 0.15) is 5.78 Å². The number of esters is 1. The van der Waals surface area contributed by atoms with Gasteiger partial charge in [-0.3, -0.25) is 9.40 Å². The van der Waals surface area contributed by atoms with Crippen LogP contribution in [0.2, 0.25) is 0 Å². The smallest absolute Gasteiger partial charge is 0.350 e. The molecule has 8 heteroatoms. The summed E-state index contributed by atoms with van der Waals surface area (Å²) < 4.78 is 29.1. The van der Waals surface area contributed by atoms with E-state index in [1.807, 2.05) is 27.7 Å². The van der Waals surface area contributed by atoms with E-state index in [-0.39, 0.29) is 13.2 Å². The maximum atomic E-state index is 13.3. The minimum atomic E-state index is -3.46. The van der Waals surface area contributed by atoms with E-state index in [4.69, 9.17) is 18.6 Å². The fourth-order valence-electron chi connectivity index (χ4n) is 2.26. The van der Waals surface area contributed by atoms with Crippen molar-refractivity contribution in [2.45, 2.75) is 78.7 Å². The van der Waals surface area contributed by atoms with E-state index in [9.17, 15) is 9.36 Å². The molecular formula is C16H34NO6P. The maximum Gasteiger partial charge on any atom is 0.350 e. The van der Waals surface area contributed by atoms with Gasteiger partial charge >= 0.3 is 13.6 Å². The van der Waals surface area contributed by atoms with Crippen molar-refractivity contribution >= 4 is 13.6 Å². The van der Waals surface area contributed by atoms with Crippen LogP contribution >= 0.6 is 7.60 Å². The molecule has 0 fully saturated rings. The van der Waals surface area contributed by atoms with Crippen molar-refractivity contribution in [1.29, 1.82) is 0 Å². The molecule has 0 aromatic carbocycles. The number of ether oxygens (including phenoxy) is 1. The lowest BCUT2D eigenvalue weighted by Crippen LogP contribution is -2.54. The topological polar surface area (TPSA) is 74.3 Å². The van der Waals surface area contributed by atoms with Crippen LogP contribution in [0.5, 0.6) is 0 Å². The first-order valence-electron chi connectivity index (χ1n) is 8.35. The summed E-state index contributed by atoms with van der Waals surface area (Å²) in [5.41, 5.74) is -1.78. The molecule has 0 aromatic rings. The molecule has 0 aliphatic rings. The second kappa shape index (κ2) is 9.30. The Morgan fingerprint density at radius 3 is 1.79 bits per heavy atom. The summed E-state index contributed by atoms with van der Waals surface area (Å²) in [6.07, 6.45) is 0.464. The third kappa shape index (κ3) is 6.12. The lowest BCUT2D eigenvalue weighted by molar-refractivity contribution is -0.282. The SMILES string of the molecule is CCOP(=O)(OCC)C(CC)N(OC(C)(C)C(=O)OC)C(C)(C)C. The number of carbonyl (C=O) groups excluding carboxylic acids is 1. The first-order chi connectivity index (χ1) is 10.9. The summed E-state index contributed by atoms with van der Waals surface area (Å²) in [6.45, 7) is 14.9. The standard InChI is InChI=1S/C16H34NO6P/c1-10-13(24(19,21-11-2)22-12-3)17(15(4,5)6)23-16(7,8)14(18)20-9/h13H,10-12H2,1-9H3. The molecule has 7 nitrogen and oxygen atoms in total. The highest BCUT2D eigenvalue weighted by Gasteiger charge is 2.47. The maximum absolute atomic E-state index is 13.3. The average molecular weight is 367 g/mol. The molecular weight excluding hydrogens is 333 g/mol. The van der Waals surface area contributed by atoms with E-state index in [1.165, 1.54) is 7.11 Å². The van der Waals surface area contributed by atoms with E-state index in [2.05, 4.69) is 0 Å². The molecule has 0 aliphatic heterocycles. The zero-order chi connectivity index (χ0) is 19.2. The molecule has 0 N–H and O–H groups in total. The Hall–Kier alpha value is -0.460. The normalized spacial score (nSPS) is 14.8. The Balaban J connectivity index is 5.86. The van der Waals surface area contributed by atoms with Crippen molar-refractivity contribution in [3.8, 4) is 0 Å². The molecule has 0 bridgehead atoms. The van der Waals surface area contributed by atoms with E-state index in [0.717, 1.165) is 0 Å². The van der Waals surface area contributed by atoms with Crippen molar-refractivity contribution in [2.75, 3.05) is 20.3 Å². The highest BCUT2D eigenvalue weighted by atomic mass is 31.2.